The van der Waals surface area contributed by atoms with E-state index in [0.717, 1.165) is 0 Å². The molecule has 0 bridgehead atoms. The van der Waals surface area contributed by atoms with Gasteiger partial charge >= 0.3 is 0 Å². The molecule has 0 radical (unpaired) electrons. The predicted molar refractivity (Wildman–Crippen MR) is 43.7 cm³/mol. The lowest BCUT2D eigenvalue weighted by Gasteiger charge is -1.95. The van der Waals surface area contributed by atoms with Crippen LogP contribution < -0.4 is 5.73 Å². The van der Waals surface area contributed by atoms with E-state index in [4.69, 9.17) is 5.73 Å². The number of hydrogen-bond donors (Lipinski definition) is 1. The molecule has 0 spiro atoms. The summed E-state index contributed by atoms with van der Waals surface area (Å²) in [4.78, 5) is 10.5. The van der Waals surface area contributed by atoms with Crippen LogP contribution in [-0.4, -0.2) is 4.33 Å². The largest absolute Gasteiger partial charge is 0.398 e. The van der Waals surface area contributed by atoms with E-state index >= 15 is 0 Å². The van der Waals surface area contributed by atoms with Crippen molar-refractivity contribution < 1.29 is 4.33 Å². The molecule has 0 saturated carbocycles. The van der Waals surface area contributed by atoms with Crippen LogP contribution in [0.25, 0.3) is 0 Å². The number of nitrogen functional groups attached to an aromatic ring is 1. The fourth-order valence-corrected chi connectivity index (χ4v) is 1.12. The van der Waals surface area contributed by atoms with Crippen molar-refractivity contribution in [3.63, 3.8) is 0 Å². The molecule has 2 N–H and O–H groups in total. The molecule has 0 fully saturated rings. The third-order valence-corrected chi connectivity index (χ3v) is 1.81. The first-order valence-corrected chi connectivity index (χ1v) is 3.64. The molecule has 0 aliphatic heterocycles. The Kier molecular flexibility index (Phi) is 2.32. The van der Waals surface area contributed by atoms with Gasteiger partial charge in [-0.15, -0.1) is 0 Å². The van der Waals surface area contributed by atoms with Gasteiger partial charge in [-0.1, -0.05) is 12.1 Å². The van der Waals surface area contributed by atoms with Gasteiger partial charge in [0, 0.05) is 0 Å². The second-order valence-electron chi connectivity index (χ2n) is 1.85. The van der Waals surface area contributed by atoms with Gasteiger partial charge in [0.05, 0.1) is 5.69 Å². The molecule has 1 rings (SSSR count). The van der Waals surface area contributed by atoms with Crippen molar-refractivity contribution in [3.8, 4) is 0 Å². The van der Waals surface area contributed by atoms with Gasteiger partial charge in [0.2, 0.25) is 0 Å². The molecule has 0 atom stereocenters. The van der Waals surface area contributed by atoms with E-state index in [1.165, 1.54) is 0 Å². The van der Waals surface area contributed by atoms with Crippen molar-refractivity contribution in [3.05, 3.63) is 34.4 Å². The van der Waals surface area contributed by atoms with E-state index in [-0.39, 0.29) is 0 Å². The second-order valence-corrected chi connectivity index (χ2v) is 2.77. The van der Waals surface area contributed by atoms with E-state index < -0.39 is 4.33 Å². The van der Waals surface area contributed by atoms with Crippen molar-refractivity contribution in [2.75, 3.05) is 5.73 Å². The van der Waals surface area contributed by atoms with Crippen molar-refractivity contribution in [2.45, 2.75) is 4.90 Å². The van der Waals surface area contributed by atoms with Crippen LogP contribution in [-0.2, 0) is 0 Å². The zero-order chi connectivity index (χ0) is 8.27. The molecule has 4 nitrogen and oxygen atoms in total. The van der Waals surface area contributed by atoms with Gasteiger partial charge in [-0.3, -0.25) is 10.1 Å². The average molecular weight is 170 g/mol. The highest BCUT2D eigenvalue weighted by Gasteiger charge is 2.07. The molecular formula is C6H6N2O2S. The van der Waals surface area contributed by atoms with Gasteiger partial charge in [-0.25, -0.2) is 0 Å². The van der Waals surface area contributed by atoms with E-state index in [9.17, 15) is 10.1 Å². The molecule has 58 valence electrons. The van der Waals surface area contributed by atoms with Gasteiger partial charge < -0.3 is 5.73 Å². The number of benzene rings is 1. The van der Waals surface area contributed by atoms with Crippen LogP contribution in [0.15, 0.2) is 29.2 Å². The number of nitrogens with two attached hydrogens (primary N) is 1. The molecule has 11 heavy (non-hydrogen) atoms. The molecule has 0 amide bonds. The maximum Gasteiger partial charge on any atom is 0.267 e. The lowest BCUT2D eigenvalue weighted by atomic mass is 10.3. The molecule has 1 aromatic rings. The molecule has 0 saturated heterocycles. The Labute approximate surface area is 67.7 Å². The van der Waals surface area contributed by atoms with Crippen molar-refractivity contribution in [1.29, 1.82) is 0 Å². The Hall–Kier alpha value is -1.23. The zero-order valence-electron chi connectivity index (χ0n) is 5.56. The number of hydrogen-bond acceptors (Lipinski definition) is 4. The highest BCUT2D eigenvalue weighted by molar-refractivity contribution is 7.93. The quantitative estimate of drug-likeness (QED) is 0.316. The van der Waals surface area contributed by atoms with Crippen molar-refractivity contribution >= 4 is 17.6 Å². The minimum atomic E-state index is -0.480. The summed E-state index contributed by atoms with van der Waals surface area (Å²) in [5, 5.41) is 10.0. The van der Waals surface area contributed by atoms with Crippen molar-refractivity contribution in [1.82, 2.24) is 0 Å². The van der Waals surface area contributed by atoms with Crippen LogP contribution in [0.4, 0.5) is 5.69 Å². The first kappa shape index (κ1) is 7.87. The normalized spacial score (nSPS) is 9.45. The van der Waals surface area contributed by atoms with Gasteiger partial charge in [0.15, 0.2) is 0 Å². The summed E-state index contributed by atoms with van der Waals surface area (Å²) in [6.45, 7) is 0. The Balaban J connectivity index is 2.86. The Morgan fingerprint density at radius 1 is 1.45 bits per heavy atom. The molecule has 0 aliphatic rings. The minimum Gasteiger partial charge on any atom is -0.398 e. The predicted octanol–water partition coefficient (Wildman–Crippen LogP) is 1.55. The highest BCUT2D eigenvalue weighted by atomic mass is 32.2. The maximum atomic E-state index is 10.0. The maximum absolute atomic E-state index is 10.0. The lowest BCUT2D eigenvalue weighted by molar-refractivity contribution is -0.284. The summed E-state index contributed by atoms with van der Waals surface area (Å²) < 4.78 is -0.480. The van der Waals surface area contributed by atoms with Gasteiger partial charge in [0.25, 0.3) is 11.9 Å². The second kappa shape index (κ2) is 3.25. The Morgan fingerprint density at radius 2 is 2.09 bits per heavy atom. The van der Waals surface area contributed by atoms with Crippen LogP contribution in [0.5, 0.6) is 0 Å². The van der Waals surface area contributed by atoms with Crippen LogP contribution in [0, 0.1) is 10.1 Å². The molecule has 0 unspecified atom stereocenters. The van der Waals surface area contributed by atoms with Gasteiger partial charge in [-0.2, -0.15) is 0 Å². The molecule has 0 aromatic heterocycles. The van der Waals surface area contributed by atoms with E-state index in [0.29, 0.717) is 22.5 Å². The molecular weight excluding hydrogens is 164 g/mol. The lowest BCUT2D eigenvalue weighted by Crippen LogP contribution is -1.90. The summed E-state index contributed by atoms with van der Waals surface area (Å²) in [6.07, 6.45) is 0. The molecule has 5 heteroatoms. The fraction of sp³-hybridized carbons (Fsp3) is 0. The number of nitrogens with zero attached hydrogens (tertiary/aromatic N) is 1. The Bertz CT molecular complexity index is 277. The topological polar surface area (TPSA) is 69.2 Å². The summed E-state index contributed by atoms with van der Waals surface area (Å²) in [5.41, 5.74) is 5.88. The highest BCUT2D eigenvalue weighted by Crippen LogP contribution is 2.23. The van der Waals surface area contributed by atoms with Crippen LogP contribution in [0.3, 0.4) is 0 Å². The number of nitro groups is 1. The Morgan fingerprint density at radius 3 is 2.64 bits per heavy atom. The van der Waals surface area contributed by atoms with Crippen LogP contribution in [0.2, 0.25) is 0 Å². The SMILES string of the molecule is Nc1ccccc1S[N+](=O)[O-]. The molecule has 1 aromatic carbocycles. The van der Waals surface area contributed by atoms with E-state index in [1.54, 1.807) is 24.3 Å². The van der Waals surface area contributed by atoms with Crippen molar-refractivity contribution in [2.24, 2.45) is 0 Å². The number of anilines is 1. The summed E-state index contributed by atoms with van der Waals surface area (Å²) in [5.74, 6) is 0. The van der Waals surface area contributed by atoms with E-state index in [2.05, 4.69) is 0 Å². The fourth-order valence-electron chi connectivity index (χ4n) is 0.644. The summed E-state index contributed by atoms with van der Waals surface area (Å²) >= 11 is 0.522. The first-order valence-electron chi connectivity index (χ1n) is 2.87. The monoisotopic (exact) mass is 170 g/mol. The van der Waals surface area contributed by atoms with Crippen LogP contribution >= 0.6 is 11.9 Å². The minimum absolute atomic E-state index is 0.439. The third kappa shape index (κ3) is 2.12. The number of rotatable bonds is 2. The average Bonchev–Trinajstić information content (AvgIpc) is 1.93. The number of para-hydroxylation sites is 1. The summed E-state index contributed by atoms with van der Waals surface area (Å²) in [6, 6.07) is 6.69. The summed E-state index contributed by atoms with van der Waals surface area (Å²) in [7, 11) is 0. The van der Waals surface area contributed by atoms with Gasteiger partial charge in [0.1, 0.15) is 9.22 Å². The van der Waals surface area contributed by atoms with Gasteiger partial charge in [-0.05, 0) is 12.1 Å². The third-order valence-electron chi connectivity index (χ3n) is 1.09. The smallest absolute Gasteiger partial charge is 0.267 e. The van der Waals surface area contributed by atoms with E-state index in [1.807, 2.05) is 0 Å². The first-order chi connectivity index (χ1) is 5.20. The molecule has 0 heterocycles. The standard InChI is InChI=1S/C6H6N2O2S/c7-5-3-1-2-4-6(5)11-8(9)10/h1-4H,7H2. The molecule has 0 aliphatic carbocycles. The zero-order valence-corrected chi connectivity index (χ0v) is 6.38. The van der Waals surface area contributed by atoms with Crippen LogP contribution in [0.1, 0.15) is 0 Å².